The molecule has 0 aliphatic carbocycles. The van der Waals surface area contributed by atoms with Gasteiger partial charge in [0, 0.05) is 44.3 Å². The van der Waals surface area contributed by atoms with E-state index < -0.39 is 0 Å². The summed E-state index contributed by atoms with van der Waals surface area (Å²) in [5.41, 5.74) is 0.522. The Morgan fingerprint density at radius 2 is 2.42 bits per heavy atom. The van der Waals surface area contributed by atoms with E-state index in [4.69, 9.17) is 11.6 Å². The number of carbonyl (C=O) groups excluding carboxylic acids is 2. The van der Waals surface area contributed by atoms with Crippen LogP contribution in [0.4, 0.5) is 0 Å². The standard InChI is InChI=1S/C13H16ClN3O2/c14-7-10-6-12(18)17(9-10)5-4-16-13(19)11-2-1-3-15-8-11/h1-3,8,10H,4-7,9H2,(H,16,19). The minimum Gasteiger partial charge on any atom is -0.350 e. The normalized spacial score (nSPS) is 18.7. The first kappa shape index (κ1) is 13.8. The third-order valence-electron chi connectivity index (χ3n) is 3.10. The molecule has 1 unspecified atom stereocenters. The molecule has 0 radical (unpaired) electrons. The van der Waals surface area contributed by atoms with Gasteiger partial charge in [0.1, 0.15) is 0 Å². The lowest BCUT2D eigenvalue weighted by atomic mass is 10.1. The molecule has 6 heteroatoms. The Labute approximate surface area is 117 Å². The van der Waals surface area contributed by atoms with Crippen LogP contribution in [0.1, 0.15) is 16.8 Å². The van der Waals surface area contributed by atoms with Gasteiger partial charge < -0.3 is 10.2 Å². The Bertz CT molecular complexity index is 452. The first-order valence-electron chi connectivity index (χ1n) is 6.22. The van der Waals surface area contributed by atoms with E-state index in [2.05, 4.69) is 10.3 Å². The van der Waals surface area contributed by atoms with Gasteiger partial charge in [0.25, 0.3) is 5.91 Å². The molecule has 102 valence electrons. The number of halogens is 1. The third-order valence-corrected chi connectivity index (χ3v) is 3.54. The van der Waals surface area contributed by atoms with E-state index in [-0.39, 0.29) is 17.7 Å². The van der Waals surface area contributed by atoms with E-state index >= 15 is 0 Å². The van der Waals surface area contributed by atoms with Gasteiger partial charge in [0.05, 0.1) is 5.56 Å². The van der Waals surface area contributed by atoms with E-state index in [1.54, 1.807) is 23.2 Å². The quantitative estimate of drug-likeness (QED) is 0.816. The lowest BCUT2D eigenvalue weighted by Crippen LogP contribution is -2.35. The van der Waals surface area contributed by atoms with Crippen LogP contribution in [0.3, 0.4) is 0 Å². The first-order chi connectivity index (χ1) is 9.20. The third kappa shape index (κ3) is 3.67. The van der Waals surface area contributed by atoms with Crippen LogP contribution in [0.15, 0.2) is 24.5 Å². The second kappa shape index (κ2) is 6.52. The van der Waals surface area contributed by atoms with Crippen LogP contribution >= 0.6 is 11.6 Å². The lowest BCUT2D eigenvalue weighted by molar-refractivity contribution is -0.127. The van der Waals surface area contributed by atoms with Gasteiger partial charge in [-0.15, -0.1) is 11.6 Å². The van der Waals surface area contributed by atoms with E-state index in [1.807, 2.05) is 0 Å². The van der Waals surface area contributed by atoms with Crippen molar-refractivity contribution in [1.82, 2.24) is 15.2 Å². The van der Waals surface area contributed by atoms with Gasteiger partial charge in [-0.05, 0) is 18.1 Å². The zero-order chi connectivity index (χ0) is 13.7. The topological polar surface area (TPSA) is 62.3 Å². The molecule has 2 heterocycles. The molecular formula is C13H16ClN3O2. The highest BCUT2D eigenvalue weighted by atomic mass is 35.5. The molecule has 5 nitrogen and oxygen atoms in total. The summed E-state index contributed by atoms with van der Waals surface area (Å²) >= 11 is 5.75. The van der Waals surface area contributed by atoms with Crippen molar-refractivity contribution in [3.05, 3.63) is 30.1 Å². The molecule has 1 atom stereocenters. The zero-order valence-electron chi connectivity index (χ0n) is 10.5. The summed E-state index contributed by atoms with van der Waals surface area (Å²) in [5.74, 6) is 0.683. The number of pyridine rings is 1. The number of carbonyl (C=O) groups is 2. The fourth-order valence-electron chi connectivity index (χ4n) is 2.08. The molecule has 1 N–H and O–H groups in total. The van der Waals surface area contributed by atoms with Crippen molar-refractivity contribution in [2.45, 2.75) is 6.42 Å². The average Bonchev–Trinajstić information content (AvgIpc) is 2.80. The lowest BCUT2D eigenvalue weighted by Gasteiger charge is -2.16. The first-order valence-corrected chi connectivity index (χ1v) is 6.76. The molecule has 19 heavy (non-hydrogen) atoms. The fraction of sp³-hybridized carbons (Fsp3) is 0.462. The van der Waals surface area contributed by atoms with Crippen LogP contribution < -0.4 is 5.32 Å². The van der Waals surface area contributed by atoms with Crippen molar-refractivity contribution in [2.24, 2.45) is 5.92 Å². The summed E-state index contributed by atoms with van der Waals surface area (Å²) in [6, 6.07) is 3.41. The molecule has 1 aromatic heterocycles. The van der Waals surface area contributed by atoms with Crippen LogP contribution in [-0.2, 0) is 4.79 Å². The molecule has 1 aromatic rings. The largest absolute Gasteiger partial charge is 0.350 e. The molecule has 2 rings (SSSR count). The summed E-state index contributed by atoms with van der Waals surface area (Å²) in [4.78, 5) is 29.0. The van der Waals surface area contributed by atoms with Crippen molar-refractivity contribution >= 4 is 23.4 Å². The Morgan fingerprint density at radius 1 is 1.58 bits per heavy atom. The number of likely N-dealkylation sites (tertiary alicyclic amines) is 1. The number of nitrogens with one attached hydrogen (secondary N) is 1. The molecule has 2 amide bonds. The van der Waals surface area contributed by atoms with Crippen LogP contribution in [0.5, 0.6) is 0 Å². The molecule has 0 spiro atoms. The van der Waals surface area contributed by atoms with Gasteiger partial charge in [-0.3, -0.25) is 14.6 Å². The Balaban J connectivity index is 1.75. The number of hydrogen-bond acceptors (Lipinski definition) is 3. The molecule has 1 aliphatic heterocycles. The highest BCUT2D eigenvalue weighted by Crippen LogP contribution is 2.18. The molecular weight excluding hydrogens is 266 g/mol. The van der Waals surface area contributed by atoms with Crippen LogP contribution in [-0.4, -0.2) is 47.2 Å². The maximum Gasteiger partial charge on any atom is 0.252 e. The van der Waals surface area contributed by atoms with Crippen molar-refractivity contribution < 1.29 is 9.59 Å². The molecule has 1 fully saturated rings. The van der Waals surface area contributed by atoms with E-state index in [0.29, 0.717) is 37.5 Å². The summed E-state index contributed by atoms with van der Waals surface area (Å²) < 4.78 is 0. The number of rotatable bonds is 5. The predicted molar refractivity (Wildman–Crippen MR) is 72.0 cm³/mol. The van der Waals surface area contributed by atoms with Gasteiger partial charge in [-0.2, -0.15) is 0 Å². The molecule has 0 aromatic carbocycles. The Morgan fingerprint density at radius 3 is 3.05 bits per heavy atom. The van der Waals surface area contributed by atoms with Gasteiger partial charge in [-0.1, -0.05) is 0 Å². The number of aromatic nitrogens is 1. The smallest absolute Gasteiger partial charge is 0.252 e. The minimum absolute atomic E-state index is 0.112. The summed E-state index contributed by atoms with van der Waals surface area (Å²) in [6.45, 7) is 1.65. The molecule has 1 aliphatic rings. The number of hydrogen-bond donors (Lipinski definition) is 1. The van der Waals surface area contributed by atoms with Gasteiger partial charge in [0.2, 0.25) is 5.91 Å². The maximum atomic E-state index is 11.7. The number of alkyl halides is 1. The van der Waals surface area contributed by atoms with Crippen molar-refractivity contribution in [3.63, 3.8) is 0 Å². The van der Waals surface area contributed by atoms with E-state index in [9.17, 15) is 9.59 Å². The second-order valence-electron chi connectivity index (χ2n) is 4.56. The van der Waals surface area contributed by atoms with Crippen molar-refractivity contribution in [2.75, 3.05) is 25.5 Å². The van der Waals surface area contributed by atoms with Crippen LogP contribution in [0.2, 0.25) is 0 Å². The summed E-state index contributed by atoms with van der Waals surface area (Å²) in [6.07, 6.45) is 3.64. The zero-order valence-corrected chi connectivity index (χ0v) is 11.3. The van der Waals surface area contributed by atoms with Gasteiger partial charge in [-0.25, -0.2) is 0 Å². The monoisotopic (exact) mass is 281 g/mol. The number of nitrogens with zero attached hydrogens (tertiary/aromatic N) is 2. The van der Waals surface area contributed by atoms with E-state index in [1.165, 1.54) is 6.20 Å². The van der Waals surface area contributed by atoms with Gasteiger partial charge in [0.15, 0.2) is 0 Å². The number of amides is 2. The predicted octanol–water partition coefficient (Wildman–Crippen LogP) is 0.899. The Kier molecular flexibility index (Phi) is 4.74. The van der Waals surface area contributed by atoms with Crippen molar-refractivity contribution in [1.29, 1.82) is 0 Å². The summed E-state index contributed by atoms with van der Waals surface area (Å²) in [5, 5.41) is 2.77. The molecule has 0 saturated carbocycles. The maximum absolute atomic E-state index is 11.7. The average molecular weight is 282 g/mol. The molecule has 1 saturated heterocycles. The SMILES string of the molecule is O=C(NCCN1CC(CCl)CC1=O)c1cccnc1. The molecule has 0 bridgehead atoms. The van der Waals surface area contributed by atoms with E-state index in [0.717, 1.165) is 0 Å². The summed E-state index contributed by atoms with van der Waals surface area (Å²) in [7, 11) is 0. The highest BCUT2D eigenvalue weighted by Gasteiger charge is 2.28. The van der Waals surface area contributed by atoms with Gasteiger partial charge >= 0.3 is 0 Å². The highest BCUT2D eigenvalue weighted by molar-refractivity contribution is 6.18. The minimum atomic E-state index is -0.173. The Hall–Kier alpha value is -1.62. The second-order valence-corrected chi connectivity index (χ2v) is 4.87. The fourth-order valence-corrected chi connectivity index (χ4v) is 2.28. The van der Waals surface area contributed by atoms with Crippen LogP contribution in [0, 0.1) is 5.92 Å². The van der Waals surface area contributed by atoms with Crippen molar-refractivity contribution in [3.8, 4) is 0 Å². The van der Waals surface area contributed by atoms with Crippen LogP contribution in [0.25, 0.3) is 0 Å².